The standard InChI is InChI=1S/C32H51N3O4/c1-10-13-14-15-21-35(30(37)27(22-23(4)5)34-31(38)39-32(7,8)9)28(29(36)33-24(6)16-11-2)26-19-17-25(12-3)18-20-26/h3,17-20,23-24,27-28H,10-11,13-16,21-22H2,1-2,4-9H3,(H,33,36)(H,34,38). The lowest BCUT2D eigenvalue weighted by Crippen LogP contribution is -2.54. The molecule has 39 heavy (non-hydrogen) atoms. The number of benzene rings is 1. The van der Waals surface area contributed by atoms with Crippen LogP contribution in [0.4, 0.5) is 4.79 Å². The second-order valence-electron chi connectivity index (χ2n) is 11.8. The number of nitrogens with one attached hydrogen (secondary N) is 2. The number of amides is 3. The van der Waals surface area contributed by atoms with Crippen molar-refractivity contribution < 1.29 is 19.1 Å². The summed E-state index contributed by atoms with van der Waals surface area (Å²) in [5.74, 6) is 2.20. The van der Waals surface area contributed by atoms with Crippen molar-refractivity contribution in [2.45, 2.75) is 124 Å². The molecular formula is C32H51N3O4. The third kappa shape index (κ3) is 12.6. The van der Waals surface area contributed by atoms with Crippen molar-refractivity contribution in [3.05, 3.63) is 35.4 Å². The molecule has 0 radical (unpaired) electrons. The first-order chi connectivity index (χ1) is 18.3. The van der Waals surface area contributed by atoms with Gasteiger partial charge in [0.2, 0.25) is 11.8 Å². The maximum Gasteiger partial charge on any atom is 0.408 e. The van der Waals surface area contributed by atoms with Crippen LogP contribution in [-0.4, -0.2) is 47.0 Å². The van der Waals surface area contributed by atoms with Crippen molar-refractivity contribution >= 4 is 17.9 Å². The van der Waals surface area contributed by atoms with Crippen LogP contribution in [0.2, 0.25) is 0 Å². The van der Waals surface area contributed by atoms with Gasteiger partial charge in [0.25, 0.3) is 0 Å². The average Bonchev–Trinajstić information content (AvgIpc) is 2.84. The van der Waals surface area contributed by atoms with E-state index in [0.29, 0.717) is 24.1 Å². The molecule has 0 aromatic heterocycles. The van der Waals surface area contributed by atoms with Crippen molar-refractivity contribution in [2.24, 2.45) is 5.92 Å². The number of ether oxygens (including phenoxy) is 1. The topological polar surface area (TPSA) is 87.7 Å². The van der Waals surface area contributed by atoms with E-state index in [0.717, 1.165) is 38.5 Å². The fraction of sp³-hybridized carbons (Fsp3) is 0.656. The molecule has 0 aliphatic heterocycles. The van der Waals surface area contributed by atoms with Gasteiger partial charge < -0.3 is 20.3 Å². The van der Waals surface area contributed by atoms with Gasteiger partial charge in [-0.15, -0.1) is 6.42 Å². The number of unbranched alkanes of at least 4 members (excludes halogenated alkanes) is 3. The van der Waals surface area contributed by atoms with E-state index in [9.17, 15) is 14.4 Å². The third-order valence-corrected chi connectivity index (χ3v) is 6.30. The summed E-state index contributed by atoms with van der Waals surface area (Å²) >= 11 is 0. The fourth-order valence-electron chi connectivity index (χ4n) is 4.48. The zero-order valence-corrected chi connectivity index (χ0v) is 25.4. The molecule has 7 heteroatoms. The SMILES string of the molecule is C#Cc1ccc(C(C(=O)NC(C)CCC)N(CCCCCC)C(=O)C(CC(C)C)NC(=O)OC(C)(C)C)cc1. The highest BCUT2D eigenvalue weighted by Gasteiger charge is 2.36. The average molecular weight is 542 g/mol. The Morgan fingerprint density at radius 2 is 1.62 bits per heavy atom. The summed E-state index contributed by atoms with van der Waals surface area (Å²) in [7, 11) is 0. The molecule has 0 aliphatic rings. The minimum absolute atomic E-state index is 0.0432. The van der Waals surface area contributed by atoms with Gasteiger partial charge >= 0.3 is 6.09 Å². The van der Waals surface area contributed by atoms with E-state index >= 15 is 0 Å². The zero-order valence-electron chi connectivity index (χ0n) is 25.4. The van der Waals surface area contributed by atoms with Gasteiger partial charge in [-0.2, -0.15) is 0 Å². The Balaban J connectivity index is 3.52. The Morgan fingerprint density at radius 3 is 2.13 bits per heavy atom. The molecule has 0 spiro atoms. The highest BCUT2D eigenvalue weighted by Crippen LogP contribution is 2.26. The predicted molar refractivity (Wildman–Crippen MR) is 158 cm³/mol. The van der Waals surface area contributed by atoms with Gasteiger partial charge in [-0.05, 0) is 70.6 Å². The number of nitrogens with zero attached hydrogens (tertiary/aromatic N) is 1. The van der Waals surface area contributed by atoms with Crippen LogP contribution in [-0.2, 0) is 14.3 Å². The minimum atomic E-state index is -0.861. The van der Waals surface area contributed by atoms with Crippen LogP contribution in [0, 0.1) is 18.3 Å². The molecule has 1 aromatic carbocycles. The van der Waals surface area contributed by atoms with Crippen LogP contribution in [0.1, 0.15) is 118 Å². The quantitative estimate of drug-likeness (QED) is 0.200. The molecule has 3 atom stereocenters. The molecule has 7 nitrogen and oxygen atoms in total. The predicted octanol–water partition coefficient (Wildman–Crippen LogP) is 6.36. The molecule has 0 saturated heterocycles. The van der Waals surface area contributed by atoms with E-state index in [1.165, 1.54) is 0 Å². The normalized spacial score (nSPS) is 13.6. The fourth-order valence-corrected chi connectivity index (χ4v) is 4.48. The Hall–Kier alpha value is -3.01. The van der Waals surface area contributed by atoms with E-state index in [4.69, 9.17) is 11.2 Å². The summed E-state index contributed by atoms with van der Waals surface area (Å²) in [4.78, 5) is 42.4. The van der Waals surface area contributed by atoms with E-state index < -0.39 is 23.8 Å². The number of carbonyl (C=O) groups excluding carboxylic acids is 3. The number of rotatable bonds is 15. The monoisotopic (exact) mass is 541 g/mol. The first kappa shape index (κ1) is 34.0. The van der Waals surface area contributed by atoms with Gasteiger partial charge in [0.1, 0.15) is 17.7 Å². The molecule has 1 aromatic rings. The lowest BCUT2D eigenvalue weighted by molar-refractivity contribution is -0.143. The number of terminal acetylenes is 1. The highest BCUT2D eigenvalue weighted by atomic mass is 16.6. The summed E-state index contributed by atoms with van der Waals surface area (Å²) in [6.45, 7) is 15.9. The Kier molecular flexibility index (Phi) is 14.7. The Labute approximate surface area is 236 Å². The van der Waals surface area contributed by atoms with Gasteiger partial charge in [0.05, 0.1) is 0 Å². The second kappa shape index (κ2) is 16.8. The lowest BCUT2D eigenvalue weighted by atomic mass is 9.97. The number of alkyl carbamates (subject to hydrolysis) is 1. The van der Waals surface area contributed by atoms with Crippen LogP contribution in [0.15, 0.2) is 24.3 Å². The Bertz CT molecular complexity index is 944. The molecule has 0 saturated carbocycles. The zero-order chi connectivity index (χ0) is 29.6. The van der Waals surface area contributed by atoms with Crippen molar-refractivity contribution in [1.29, 1.82) is 0 Å². The summed E-state index contributed by atoms with van der Waals surface area (Å²) < 4.78 is 5.47. The van der Waals surface area contributed by atoms with Crippen molar-refractivity contribution in [1.82, 2.24) is 15.5 Å². The molecule has 0 aliphatic carbocycles. The van der Waals surface area contributed by atoms with Crippen LogP contribution < -0.4 is 10.6 Å². The van der Waals surface area contributed by atoms with E-state index in [-0.39, 0.29) is 23.8 Å². The van der Waals surface area contributed by atoms with E-state index in [2.05, 4.69) is 30.4 Å². The molecule has 3 unspecified atom stereocenters. The van der Waals surface area contributed by atoms with Crippen LogP contribution in [0.25, 0.3) is 0 Å². The Morgan fingerprint density at radius 1 is 0.974 bits per heavy atom. The van der Waals surface area contributed by atoms with Crippen molar-refractivity contribution in [2.75, 3.05) is 6.54 Å². The van der Waals surface area contributed by atoms with Crippen molar-refractivity contribution in [3.63, 3.8) is 0 Å². The molecule has 0 heterocycles. The van der Waals surface area contributed by atoms with Crippen molar-refractivity contribution in [3.8, 4) is 12.3 Å². The highest BCUT2D eigenvalue weighted by molar-refractivity contribution is 5.92. The van der Waals surface area contributed by atoms with Gasteiger partial charge in [0, 0.05) is 18.2 Å². The van der Waals surface area contributed by atoms with E-state index in [1.807, 2.05) is 32.9 Å². The van der Waals surface area contributed by atoms with Gasteiger partial charge in [-0.3, -0.25) is 9.59 Å². The molecule has 218 valence electrons. The molecule has 1 rings (SSSR count). The summed E-state index contributed by atoms with van der Waals surface area (Å²) in [5.41, 5.74) is 0.674. The molecule has 0 bridgehead atoms. The number of carbonyl (C=O) groups is 3. The van der Waals surface area contributed by atoms with Gasteiger partial charge in [0.15, 0.2) is 0 Å². The second-order valence-corrected chi connectivity index (χ2v) is 11.8. The largest absolute Gasteiger partial charge is 0.444 e. The summed E-state index contributed by atoms with van der Waals surface area (Å²) in [6.07, 6.45) is 10.9. The van der Waals surface area contributed by atoms with Gasteiger partial charge in [-0.1, -0.05) is 71.4 Å². The summed E-state index contributed by atoms with van der Waals surface area (Å²) in [5, 5.41) is 5.91. The maximum absolute atomic E-state index is 14.2. The first-order valence-electron chi connectivity index (χ1n) is 14.5. The van der Waals surface area contributed by atoms with Gasteiger partial charge in [-0.25, -0.2) is 4.79 Å². The molecule has 0 fully saturated rings. The maximum atomic E-state index is 14.2. The van der Waals surface area contributed by atoms with Crippen LogP contribution in [0.5, 0.6) is 0 Å². The van der Waals surface area contributed by atoms with Crippen LogP contribution in [0.3, 0.4) is 0 Å². The number of hydrogen-bond donors (Lipinski definition) is 2. The lowest BCUT2D eigenvalue weighted by Gasteiger charge is -2.35. The first-order valence-corrected chi connectivity index (χ1v) is 14.5. The smallest absolute Gasteiger partial charge is 0.408 e. The molecule has 3 amide bonds. The molecular weight excluding hydrogens is 490 g/mol. The third-order valence-electron chi connectivity index (χ3n) is 6.30. The minimum Gasteiger partial charge on any atom is -0.444 e. The number of hydrogen-bond acceptors (Lipinski definition) is 4. The molecule has 2 N–H and O–H groups in total. The summed E-state index contributed by atoms with van der Waals surface area (Å²) in [6, 6.07) is 5.47. The van der Waals surface area contributed by atoms with E-state index in [1.54, 1.807) is 37.8 Å². The van der Waals surface area contributed by atoms with Crippen LogP contribution >= 0.6 is 0 Å².